The number of rotatable bonds is 0. The van der Waals surface area contributed by atoms with Crippen LogP contribution < -0.4 is 5.32 Å². The number of ether oxygens (including phenoxy) is 1. The van der Waals surface area contributed by atoms with Gasteiger partial charge in [0.25, 0.3) is 0 Å². The van der Waals surface area contributed by atoms with E-state index < -0.39 is 0 Å². The first kappa shape index (κ1) is 10.2. The maximum Gasteiger partial charge on any atom is 0.129 e. The van der Waals surface area contributed by atoms with Crippen molar-refractivity contribution in [2.24, 2.45) is 5.41 Å². The second-order valence-corrected chi connectivity index (χ2v) is 7.34. The summed E-state index contributed by atoms with van der Waals surface area (Å²) in [6.07, 6.45) is 9.52. The molecule has 0 aromatic rings. The maximum absolute atomic E-state index is 6.68. The van der Waals surface area contributed by atoms with Gasteiger partial charge in [0.05, 0.1) is 5.60 Å². The molecule has 1 atom stereocenters. The highest BCUT2D eigenvalue weighted by molar-refractivity contribution is 7.99. The standard InChI is InChI=1S/C13H21NOS/c1-3-11(4-1)9-14-13(7-8-16-10-13)15-12(11)5-2-6-12/h14H,1-10H2. The van der Waals surface area contributed by atoms with Crippen molar-refractivity contribution in [3.05, 3.63) is 0 Å². The lowest BCUT2D eigenvalue weighted by Crippen LogP contribution is -2.73. The zero-order chi connectivity index (χ0) is 10.7. The largest absolute Gasteiger partial charge is 0.353 e. The third-order valence-corrected chi connectivity index (χ3v) is 6.73. The summed E-state index contributed by atoms with van der Waals surface area (Å²) in [7, 11) is 0. The van der Waals surface area contributed by atoms with E-state index in [1.165, 1.54) is 63.0 Å². The molecule has 2 saturated heterocycles. The summed E-state index contributed by atoms with van der Waals surface area (Å²) in [5, 5.41) is 3.77. The Morgan fingerprint density at radius 1 is 1.00 bits per heavy atom. The molecule has 2 nitrogen and oxygen atoms in total. The number of fused-ring (bicyclic) bond motifs is 1. The Labute approximate surface area is 102 Å². The van der Waals surface area contributed by atoms with Gasteiger partial charge in [-0.3, -0.25) is 5.32 Å². The van der Waals surface area contributed by atoms with Crippen LogP contribution in [0, 0.1) is 5.41 Å². The summed E-state index contributed by atoms with van der Waals surface area (Å²) in [6.45, 7) is 1.23. The molecule has 1 unspecified atom stereocenters. The van der Waals surface area contributed by atoms with Crippen LogP contribution in [0.25, 0.3) is 0 Å². The normalized spacial score (nSPS) is 43.5. The van der Waals surface area contributed by atoms with Crippen LogP contribution in [0.15, 0.2) is 0 Å². The van der Waals surface area contributed by atoms with Gasteiger partial charge in [0.15, 0.2) is 0 Å². The van der Waals surface area contributed by atoms with Gasteiger partial charge in [0.1, 0.15) is 5.72 Å². The molecular weight excluding hydrogens is 218 g/mol. The fraction of sp³-hybridized carbons (Fsp3) is 1.00. The zero-order valence-corrected chi connectivity index (χ0v) is 10.7. The van der Waals surface area contributed by atoms with Gasteiger partial charge in [-0.1, -0.05) is 6.42 Å². The molecule has 3 spiro atoms. The Balaban J connectivity index is 1.63. The molecule has 2 aliphatic heterocycles. The summed E-state index contributed by atoms with van der Waals surface area (Å²) in [5.41, 5.74) is 0.886. The lowest BCUT2D eigenvalue weighted by Gasteiger charge is -2.66. The molecule has 4 fully saturated rings. The van der Waals surface area contributed by atoms with E-state index in [2.05, 4.69) is 17.1 Å². The molecule has 16 heavy (non-hydrogen) atoms. The smallest absolute Gasteiger partial charge is 0.129 e. The van der Waals surface area contributed by atoms with Crippen LogP contribution in [0.2, 0.25) is 0 Å². The third kappa shape index (κ3) is 1.12. The minimum Gasteiger partial charge on any atom is -0.353 e. The van der Waals surface area contributed by atoms with Crippen LogP contribution in [0.5, 0.6) is 0 Å². The summed E-state index contributed by atoms with van der Waals surface area (Å²) in [5.74, 6) is 2.45. The van der Waals surface area contributed by atoms with Crippen molar-refractivity contribution in [3.8, 4) is 0 Å². The zero-order valence-electron chi connectivity index (χ0n) is 9.89. The Kier molecular flexibility index (Phi) is 2.03. The Morgan fingerprint density at radius 2 is 1.81 bits per heavy atom. The minimum atomic E-state index is 0.0614. The number of thioether (sulfide) groups is 1. The van der Waals surface area contributed by atoms with Gasteiger partial charge in [0.2, 0.25) is 0 Å². The van der Waals surface area contributed by atoms with Gasteiger partial charge < -0.3 is 4.74 Å². The highest BCUT2D eigenvalue weighted by atomic mass is 32.2. The van der Waals surface area contributed by atoms with Gasteiger partial charge in [-0.25, -0.2) is 0 Å². The quantitative estimate of drug-likeness (QED) is 0.702. The van der Waals surface area contributed by atoms with Crippen LogP contribution in [0.4, 0.5) is 0 Å². The number of hydrogen-bond donors (Lipinski definition) is 1. The van der Waals surface area contributed by atoms with Gasteiger partial charge in [-0.2, -0.15) is 11.8 Å². The Morgan fingerprint density at radius 3 is 2.31 bits per heavy atom. The Hall–Kier alpha value is 0.270. The predicted molar refractivity (Wildman–Crippen MR) is 66.6 cm³/mol. The highest BCUT2D eigenvalue weighted by Gasteiger charge is 2.64. The summed E-state index contributed by atoms with van der Waals surface area (Å²) < 4.78 is 6.68. The average Bonchev–Trinajstić information content (AvgIpc) is 2.62. The van der Waals surface area contributed by atoms with E-state index >= 15 is 0 Å². The molecule has 4 aliphatic rings. The summed E-state index contributed by atoms with van der Waals surface area (Å²) >= 11 is 2.05. The molecule has 1 N–H and O–H groups in total. The maximum atomic E-state index is 6.68. The first-order valence-electron chi connectivity index (χ1n) is 6.81. The van der Waals surface area contributed by atoms with Crippen molar-refractivity contribution >= 4 is 11.8 Å². The molecule has 2 heterocycles. The summed E-state index contributed by atoms with van der Waals surface area (Å²) in [6, 6.07) is 0. The fourth-order valence-corrected chi connectivity index (χ4v) is 5.40. The monoisotopic (exact) mass is 239 g/mol. The van der Waals surface area contributed by atoms with E-state index in [4.69, 9.17) is 4.74 Å². The molecular formula is C13H21NOS. The second-order valence-electron chi connectivity index (χ2n) is 6.23. The number of hydrogen-bond acceptors (Lipinski definition) is 3. The third-order valence-electron chi connectivity index (χ3n) is 5.56. The molecule has 2 aliphatic carbocycles. The molecule has 0 bridgehead atoms. The van der Waals surface area contributed by atoms with Crippen LogP contribution in [0.1, 0.15) is 44.9 Å². The molecule has 0 radical (unpaired) electrons. The van der Waals surface area contributed by atoms with Crippen LogP contribution in [-0.4, -0.2) is 29.4 Å². The number of nitrogens with one attached hydrogen (secondary N) is 1. The topological polar surface area (TPSA) is 21.3 Å². The van der Waals surface area contributed by atoms with Crippen molar-refractivity contribution in [3.63, 3.8) is 0 Å². The average molecular weight is 239 g/mol. The van der Waals surface area contributed by atoms with Crippen molar-refractivity contribution < 1.29 is 4.74 Å². The molecule has 4 rings (SSSR count). The van der Waals surface area contributed by atoms with Crippen molar-refractivity contribution in [1.82, 2.24) is 5.32 Å². The van der Waals surface area contributed by atoms with Crippen LogP contribution >= 0.6 is 11.8 Å². The van der Waals surface area contributed by atoms with E-state index in [0.29, 0.717) is 11.0 Å². The van der Waals surface area contributed by atoms with E-state index in [9.17, 15) is 0 Å². The lowest BCUT2D eigenvalue weighted by atomic mass is 9.51. The molecule has 3 heteroatoms. The van der Waals surface area contributed by atoms with Crippen LogP contribution in [0.3, 0.4) is 0 Å². The molecule has 0 aromatic heterocycles. The predicted octanol–water partition coefficient (Wildman–Crippen LogP) is 2.53. The van der Waals surface area contributed by atoms with Gasteiger partial charge in [0, 0.05) is 17.7 Å². The van der Waals surface area contributed by atoms with E-state index in [1.54, 1.807) is 0 Å². The van der Waals surface area contributed by atoms with Crippen LogP contribution in [-0.2, 0) is 4.74 Å². The molecule has 90 valence electrons. The first-order valence-corrected chi connectivity index (χ1v) is 7.97. The Bertz CT molecular complexity index is 303. The summed E-state index contributed by atoms with van der Waals surface area (Å²) in [4.78, 5) is 0. The van der Waals surface area contributed by atoms with E-state index in [0.717, 1.165) is 0 Å². The van der Waals surface area contributed by atoms with Gasteiger partial charge >= 0.3 is 0 Å². The minimum absolute atomic E-state index is 0.0614. The molecule has 0 aromatic carbocycles. The lowest BCUT2D eigenvalue weighted by molar-refractivity contribution is -0.298. The molecule has 0 amide bonds. The van der Waals surface area contributed by atoms with Gasteiger partial charge in [-0.05, 0) is 44.3 Å². The van der Waals surface area contributed by atoms with Crippen molar-refractivity contribution in [1.29, 1.82) is 0 Å². The van der Waals surface area contributed by atoms with E-state index in [-0.39, 0.29) is 5.72 Å². The van der Waals surface area contributed by atoms with E-state index in [1.807, 2.05) is 0 Å². The van der Waals surface area contributed by atoms with Crippen molar-refractivity contribution in [2.75, 3.05) is 18.1 Å². The fourth-order valence-electron chi connectivity index (χ4n) is 4.14. The van der Waals surface area contributed by atoms with Gasteiger partial charge in [-0.15, -0.1) is 0 Å². The van der Waals surface area contributed by atoms with Crippen molar-refractivity contribution in [2.45, 2.75) is 56.3 Å². The first-order chi connectivity index (χ1) is 7.79. The highest BCUT2D eigenvalue weighted by Crippen LogP contribution is 2.62. The molecule has 2 saturated carbocycles. The second kappa shape index (κ2) is 3.18. The SMILES string of the molecule is C1CC2(C1)CNC1(CCSC1)OC21CCC1.